The molecule has 0 aliphatic heterocycles. The van der Waals surface area contributed by atoms with E-state index in [0.717, 1.165) is 64.2 Å². The summed E-state index contributed by atoms with van der Waals surface area (Å²) < 4.78 is 0. The molecule has 0 aromatic rings. The van der Waals surface area contributed by atoms with Crippen molar-refractivity contribution in [2.45, 2.75) is 315 Å². The SMILES string of the molecule is CC/C=C\C/C=C\C/C=C\C/C=C\CCCCCCCCC(=O)NC(CO)C(O)CCCCCCCCCCCCCCCCCCCCCCCCCCCCCCCCCC. The first kappa shape index (κ1) is 61.4. The summed E-state index contributed by atoms with van der Waals surface area (Å²) in [6.45, 7) is 4.26. The molecule has 0 aromatic carbocycles. The molecule has 0 saturated carbocycles. The molecule has 0 aliphatic rings. The van der Waals surface area contributed by atoms with Crippen LogP contribution in [0.15, 0.2) is 48.6 Å². The van der Waals surface area contributed by atoms with E-state index in [2.05, 4.69) is 67.8 Å². The molecule has 63 heavy (non-hydrogen) atoms. The summed E-state index contributed by atoms with van der Waals surface area (Å²) in [5, 5.41) is 23.3. The Hall–Kier alpha value is -1.65. The summed E-state index contributed by atoms with van der Waals surface area (Å²) in [7, 11) is 0. The third-order valence-corrected chi connectivity index (χ3v) is 13.1. The van der Waals surface area contributed by atoms with Crippen molar-refractivity contribution in [2.24, 2.45) is 0 Å². The van der Waals surface area contributed by atoms with Crippen molar-refractivity contribution >= 4 is 5.91 Å². The number of hydrogen-bond acceptors (Lipinski definition) is 3. The van der Waals surface area contributed by atoms with Gasteiger partial charge in [0.15, 0.2) is 0 Å². The molecule has 370 valence electrons. The second-order valence-electron chi connectivity index (χ2n) is 19.3. The number of carbonyl (C=O) groups is 1. The predicted octanol–water partition coefficient (Wildman–Crippen LogP) is 18.6. The number of rotatable bonds is 52. The monoisotopic (exact) mass is 882 g/mol. The Balaban J connectivity index is 3.43. The minimum absolute atomic E-state index is 0.0431. The molecule has 2 unspecified atom stereocenters. The Bertz CT molecular complexity index is 1000. The van der Waals surface area contributed by atoms with Gasteiger partial charge in [0.05, 0.1) is 18.8 Å². The summed E-state index contributed by atoms with van der Waals surface area (Å²) in [5.41, 5.74) is 0. The Labute approximate surface area is 394 Å². The zero-order valence-corrected chi connectivity index (χ0v) is 42.6. The van der Waals surface area contributed by atoms with Gasteiger partial charge in [0.2, 0.25) is 5.91 Å². The highest BCUT2D eigenvalue weighted by Crippen LogP contribution is 2.18. The maximum absolute atomic E-state index is 12.5. The summed E-state index contributed by atoms with van der Waals surface area (Å²) in [4.78, 5) is 12.5. The number of nitrogens with one attached hydrogen (secondary N) is 1. The lowest BCUT2D eigenvalue weighted by Crippen LogP contribution is -2.45. The van der Waals surface area contributed by atoms with E-state index in [4.69, 9.17) is 0 Å². The van der Waals surface area contributed by atoms with Gasteiger partial charge in [-0.15, -0.1) is 0 Å². The predicted molar refractivity (Wildman–Crippen MR) is 281 cm³/mol. The molecule has 0 spiro atoms. The second kappa shape index (κ2) is 54.7. The molecule has 2 atom stereocenters. The summed E-state index contributed by atoms with van der Waals surface area (Å²) in [6, 6.07) is -0.547. The fraction of sp³-hybridized carbons (Fsp3) is 0.847. The molecule has 0 fully saturated rings. The average molecular weight is 883 g/mol. The Morgan fingerprint density at radius 1 is 0.397 bits per heavy atom. The molecule has 3 N–H and O–H groups in total. The van der Waals surface area contributed by atoms with Crippen molar-refractivity contribution in [1.29, 1.82) is 0 Å². The Morgan fingerprint density at radius 3 is 1.05 bits per heavy atom. The van der Waals surface area contributed by atoms with Gasteiger partial charge in [0.25, 0.3) is 0 Å². The molecule has 0 radical (unpaired) electrons. The summed E-state index contributed by atoms with van der Waals surface area (Å²) in [5.74, 6) is -0.0431. The van der Waals surface area contributed by atoms with Crippen molar-refractivity contribution in [3.05, 3.63) is 48.6 Å². The molecule has 0 aliphatic carbocycles. The molecular formula is C59H111NO3. The fourth-order valence-electron chi connectivity index (χ4n) is 8.83. The number of amides is 1. The van der Waals surface area contributed by atoms with Gasteiger partial charge in [0, 0.05) is 6.42 Å². The first-order chi connectivity index (χ1) is 31.2. The van der Waals surface area contributed by atoms with Crippen LogP contribution in [-0.2, 0) is 4.79 Å². The van der Waals surface area contributed by atoms with Gasteiger partial charge < -0.3 is 15.5 Å². The maximum atomic E-state index is 12.5. The standard InChI is InChI=1S/C59H111NO3/c1-3-5-7-9-11-13-15-17-19-21-23-24-25-26-27-28-29-30-31-32-33-34-35-37-38-40-42-44-46-48-50-52-54-58(62)57(56-61)60-59(63)55-53-51-49-47-45-43-41-39-36-22-20-18-16-14-12-10-8-6-4-2/h6,8,12,14,18,20,36,39,57-58,61-62H,3-5,7,9-11,13,15-17,19,21-35,37-38,40-56H2,1-2H3,(H,60,63)/b8-6-,14-12-,20-18-,39-36-. The largest absolute Gasteiger partial charge is 0.394 e. The summed E-state index contributed by atoms with van der Waals surface area (Å²) >= 11 is 0. The molecular weight excluding hydrogens is 771 g/mol. The minimum atomic E-state index is -0.669. The van der Waals surface area contributed by atoms with Crippen LogP contribution in [0.25, 0.3) is 0 Å². The van der Waals surface area contributed by atoms with Crippen LogP contribution in [0.3, 0.4) is 0 Å². The minimum Gasteiger partial charge on any atom is -0.394 e. The first-order valence-corrected chi connectivity index (χ1v) is 28.3. The number of aliphatic hydroxyl groups is 2. The van der Waals surface area contributed by atoms with Gasteiger partial charge in [-0.2, -0.15) is 0 Å². The third kappa shape index (κ3) is 51.2. The van der Waals surface area contributed by atoms with Crippen LogP contribution >= 0.6 is 0 Å². The van der Waals surface area contributed by atoms with E-state index < -0.39 is 12.1 Å². The Kier molecular flexibility index (Phi) is 53.3. The zero-order valence-electron chi connectivity index (χ0n) is 42.6. The summed E-state index contributed by atoms with van der Waals surface area (Å²) in [6.07, 6.45) is 75.4. The molecule has 0 heterocycles. The van der Waals surface area contributed by atoms with E-state index in [1.54, 1.807) is 0 Å². The van der Waals surface area contributed by atoms with Crippen molar-refractivity contribution in [3.63, 3.8) is 0 Å². The maximum Gasteiger partial charge on any atom is 0.220 e. The van der Waals surface area contributed by atoms with E-state index in [1.165, 1.54) is 212 Å². The normalized spacial score (nSPS) is 13.1. The first-order valence-electron chi connectivity index (χ1n) is 28.3. The molecule has 1 amide bonds. The van der Waals surface area contributed by atoms with Crippen LogP contribution in [-0.4, -0.2) is 34.9 Å². The van der Waals surface area contributed by atoms with Gasteiger partial charge in [-0.05, 0) is 51.4 Å². The lowest BCUT2D eigenvalue weighted by molar-refractivity contribution is -0.123. The molecule has 0 saturated heterocycles. The number of aliphatic hydroxyl groups excluding tert-OH is 2. The number of unbranched alkanes of at least 4 members (excludes halogenated alkanes) is 37. The molecule has 0 aromatic heterocycles. The van der Waals surface area contributed by atoms with Crippen molar-refractivity contribution < 1.29 is 15.0 Å². The van der Waals surface area contributed by atoms with Crippen LogP contribution in [0, 0.1) is 0 Å². The topological polar surface area (TPSA) is 69.6 Å². The van der Waals surface area contributed by atoms with Crippen molar-refractivity contribution in [2.75, 3.05) is 6.61 Å². The zero-order chi connectivity index (χ0) is 45.6. The highest BCUT2D eigenvalue weighted by molar-refractivity contribution is 5.76. The van der Waals surface area contributed by atoms with E-state index in [1.807, 2.05) is 0 Å². The second-order valence-corrected chi connectivity index (χ2v) is 19.3. The quantitative estimate of drug-likeness (QED) is 0.0421. The van der Waals surface area contributed by atoms with E-state index in [0.29, 0.717) is 12.8 Å². The van der Waals surface area contributed by atoms with Gasteiger partial charge in [0.1, 0.15) is 0 Å². The number of carbonyl (C=O) groups excluding carboxylic acids is 1. The van der Waals surface area contributed by atoms with E-state index in [-0.39, 0.29) is 12.5 Å². The highest BCUT2D eigenvalue weighted by Gasteiger charge is 2.20. The van der Waals surface area contributed by atoms with Crippen LogP contribution in [0.4, 0.5) is 0 Å². The lowest BCUT2D eigenvalue weighted by Gasteiger charge is -2.22. The van der Waals surface area contributed by atoms with Gasteiger partial charge in [-0.3, -0.25) is 4.79 Å². The molecule has 4 heteroatoms. The van der Waals surface area contributed by atoms with Gasteiger partial charge in [-0.1, -0.05) is 294 Å². The van der Waals surface area contributed by atoms with Gasteiger partial charge in [-0.25, -0.2) is 0 Å². The van der Waals surface area contributed by atoms with Crippen LogP contribution in [0.2, 0.25) is 0 Å². The van der Waals surface area contributed by atoms with Crippen molar-refractivity contribution in [1.82, 2.24) is 5.32 Å². The van der Waals surface area contributed by atoms with E-state index in [9.17, 15) is 15.0 Å². The van der Waals surface area contributed by atoms with E-state index >= 15 is 0 Å². The molecule has 4 nitrogen and oxygen atoms in total. The highest BCUT2D eigenvalue weighted by atomic mass is 16.3. The smallest absolute Gasteiger partial charge is 0.220 e. The Morgan fingerprint density at radius 2 is 0.698 bits per heavy atom. The number of hydrogen-bond donors (Lipinski definition) is 3. The third-order valence-electron chi connectivity index (χ3n) is 13.1. The van der Waals surface area contributed by atoms with Gasteiger partial charge >= 0.3 is 0 Å². The average Bonchev–Trinajstić information content (AvgIpc) is 3.29. The molecule has 0 bridgehead atoms. The van der Waals surface area contributed by atoms with Crippen LogP contribution in [0.5, 0.6) is 0 Å². The van der Waals surface area contributed by atoms with Crippen molar-refractivity contribution in [3.8, 4) is 0 Å². The lowest BCUT2D eigenvalue weighted by atomic mass is 10.0. The van der Waals surface area contributed by atoms with Crippen LogP contribution < -0.4 is 5.32 Å². The van der Waals surface area contributed by atoms with Crippen LogP contribution in [0.1, 0.15) is 303 Å². The number of allylic oxidation sites excluding steroid dienone is 8. The fourth-order valence-corrected chi connectivity index (χ4v) is 8.83. The molecule has 0 rings (SSSR count).